The van der Waals surface area contributed by atoms with E-state index in [9.17, 15) is 4.79 Å². The van der Waals surface area contributed by atoms with E-state index in [1.54, 1.807) is 31.4 Å². The third-order valence-electron chi connectivity index (χ3n) is 4.51. The summed E-state index contributed by atoms with van der Waals surface area (Å²) < 4.78 is 5.09. The van der Waals surface area contributed by atoms with Crippen LogP contribution in [0.5, 0.6) is 5.75 Å². The number of nitrogens with zero attached hydrogens (tertiary/aromatic N) is 1. The molecule has 0 aromatic heterocycles. The van der Waals surface area contributed by atoms with Gasteiger partial charge in [0, 0.05) is 0 Å². The van der Waals surface area contributed by atoms with Crippen molar-refractivity contribution < 1.29 is 14.4 Å². The van der Waals surface area contributed by atoms with E-state index in [0.29, 0.717) is 5.56 Å². The molecule has 1 aliphatic carbocycles. The lowest BCUT2D eigenvalue weighted by atomic mass is 10.00. The summed E-state index contributed by atoms with van der Waals surface area (Å²) in [6, 6.07) is 6.89. The van der Waals surface area contributed by atoms with Gasteiger partial charge in [0.25, 0.3) is 0 Å². The Morgan fingerprint density at radius 1 is 0.833 bits per heavy atom. The summed E-state index contributed by atoms with van der Waals surface area (Å²) in [7, 11) is 1.60. The fourth-order valence-corrected chi connectivity index (χ4v) is 3.00. The van der Waals surface area contributed by atoms with E-state index in [-0.39, 0.29) is 0 Å². The highest BCUT2D eigenvalue weighted by atomic mass is 16.7. The summed E-state index contributed by atoms with van der Waals surface area (Å²) >= 11 is 0. The van der Waals surface area contributed by atoms with Crippen LogP contribution < -0.4 is 4.74 Å². The number of carbonyl (C=O) groups excluding carboxylic acids is 1. The van der Waals surface area contributed by atoms with Gasteiger partial charge in [-0.3, -0.25) is 0 Å². The standard InChI is InChI=1S/C20H29NO3/c1-23-19-15-13-17(14-16-19)20(22)24-21-18-11-9-7-5-3-2-4-6-8-10-12-18/h13-16H,2-12H2,1H3. The maximum absolute atomic E-state index is 12.1. The Hall–Kier alpha value is -1.84. The Balaban J connectivity index is 1.88. The average Bonchev–Trinajstić information content (AvgIpc) is 2.61. The molecule has 0 aliphatic heterocycles. The van der Waals surface area contributed by atoms with Crippen molar-refractivity contribution in [2.45, 2.75) is 70.6 Å². The van der Waals surface area contributed by atoms with Gasteiger partial charge in [-0.1, -0.05) is 50.1 Å². The maximum atomic E-state index is 12.1. The normalized spacial score (nSPS) is 17.3. The van der Waals surface area contributed by atoms with Crippen LogP contribution in [0.2, 0.25) is 0 Å². The second-order valence-corrected chi connectivity index (χ2v) is 6.45. The highest BCUT2D eigenvalue weighted by molar-refractivity contribution is 5.91. The topological polar surface area (TPSA) is 47.9 Å². The van der Waals surface area contributed by atoms with Gasteiger partial charge < -0.3 is 9.57 Å². The molecule has 0 spiro atoms. The van der Waals surface area contributed by atoms with Crippen LogP contribution in [-0.2, 0) is 4.84 Å². The van der Waals surface area contributed by atoms with Crippen molar-refractivity contribution in [3.63, 3.8) is 0 Å². The maximum Gasteiger partial charge on any atom is 0.365 e. The van der Waals surface area contributed by atoms with Crippen molar-refractivity contribution in [3.05, 3.63) is 29.8 Å². The second kappa shape index (κ2) is 10.8. The fourth-order valence-electron chi connectivity index (χ4n) is 3.00. The lowest BCUT2D eigenvalue weighted by molar-refractivity contribution is 0.0514. The van der Waals surface area contributed by atoms with Crippen LogP contribution >= 0.6 is 0 Å². The van der Waals surface area contributed by atoms with E-state index in [0.717, 1.165) is 37.1 Å². The fraction of sp³-hybridized carbons (Fsp3) is 0.600. The van der Waals surface area contributed by atoms with Gasteiger partial charge >= 0.3 is 5.97 Å². The molecule has 0 radical (unpaired) electrons. The molecule has 0 amide bonds. The largest absolute Gasteiger partial charge is 0.497 e. The summed E-state index contributed by atoms with van der Waals surface area (Å²) in [4.78, 5) is 17.3. The summed E-state index contributed by atoms with van der Waals surface area (Å²) in [5.41, 5.74) is 1.52. The van der Waals surface area contributed by atoms with E-state index in [1.165, 1.54) is 44.9 Å². The molecule has 1 aromatic carbocycles. The summed E-state index contributed by atoms with van der Waals surface area (Å²) in [6.07, 6.45) is 13.3. The minimum atomic E-state index is -0.406. The van der Waals surface area contributed by atoms with Gasteiger partial charge in [0.2, 0.25) is 0 Å². The van der Waals surface area contributed by atoms with Crippen LogP contribution in [0.1, 0.15) is 81.0 Å². The number of benzene rings is 1. The number of hydrogen-bond donors (Lipinski definition) is 0. The molecule has 4 nitrogen and oxygen atoms in total. The molecular formula is C20H29NO3. The first-order valence-corrected chi connectivity index (χ1v) is 9.21. The molecule has 4 heteroatoms. The van der Waals surface area contributed by atoms with E-state index >= 15 is 0 Å². The Morgan fingerprint density at radius 3 is 1.83 bits per heavy atom. The monoisotopic (exact) mass is 331 g/mol. The van der Waals surface area contributed by atoms with Gasteiger partial charge in [-0.15, -0.1) is 0 Å². The third kappa shape index (κ3) is 6.73. The Morgan fingerprint density at radius 2 is 1.33 bits per heavy atom. The first kappa shape index (κ1) is 18.5. The smallest absolute Gasteiger partial charge is 0.365 e. The zero-order chi connectivity index (χ0) is 17.0. The Bertz CT molecular complexity index is 508. The second-order valence-electron chi connectivity index (χ2n) is 6.45. The Kier molecular flexibility index (Phi) is 8.36. The SMILES string of the molecule is COc1ccc(C(=O)ON=C2CCCCCCCCCCC2)cc1. The van der Waals surface area contributed by atoms with Crippen LogP contribution in [0.3, 0.4) is 0 Å². The molecule has 0 saturated heterocycles. The van der Waals surface area contributed by atoms with E-state index in [1.807, 2.05) is 0 Å². The zero-order valence-electron chi connectivity index (χ0n) is 14.8. The summed E-state index contributed by atoms with van der Waals surface area (Å²) in [5.74, 6) is 0.313. The van der Waals surface area contributed by atoms with Crippen molar-refractivity contribution in [3.8, 4) is 5.75 Å². The molecule has 0 unspecified atom stereocenters. The predicted octanol–water partition coefficient (Wildman–Crippen LogP) is 5.51. The lowest BCUT2D eigenvalue weighted by Gasteiger charge is -2.09. The van der Waals surface area contributed by atoms with E-state index in [2.05, 4.69) is 5.16 Å². The molecule has 1 aromatic rings. The van der Waals surface area contributed by atoms with Gasteiger partial charge in [0.1, 0.15) is 5.75 Å². The molecule has 0 heterocycles. The number of rotatable bonds is 3. The molecule has 0 atom stereocenters. The van der Waals surface area contributed by atoms with Crippen LogP contribution in [-0.4, -0.2) is 18.8 Å². The number of oxime groups is 1. The molecule has 2 rings (SSSR count). The van der Waals surface area contributed by atoms with Crippen molar-refractivity contribution in [1.29, 1.82) is 0 Å². The van der Waals surface area contributed by atoms with Gasteiger partial charge in [-0.2, -0.15) is 0 Å². The van der Waals surface area contributed by atoms with Crippen LogP contribution in [0.4, 0.5) is 0 Å². The predicted molar refractivity (Wildman–Crippen MR) is 96.6 cm³/mol. The van der Waals surface area contributed by atoms with Crippen LogP contribution in [0.15, 0.2) is 29.4 Å². The zero-order valence-corrected chi connectivity index (χ0v) is 14.8. The van der Waals surface area contributed by atoms with Gasteiger partial charge in [0.15, 0.2) is 0 Å². The molecular weight excluding hydrogens is 302 g/mol. The molecule has 1 aliphatic rings. The minimum absolute atomic E-state index is 0.406. The minimum Gasteiger partial charge on any atom is -0.497 e. The summed E-state index contributed by atoms with van der Waals surface area (Å²) in [6.45, 7) is 0. The number of methoxy groups -OCH3 is 1. The first-order valence-electron chi connectivity index (χ1n) is 9.21. The van der Waals surface area contributed by atoms with E-state index < -0.39 is 5.97 Å². The highest BCUT2D eigenvalue weighted by Gasteiger charge is 2.09. The molecule has 0 N–H and O–H groups in total. The lowest BCUT2D eigenvalue weighted by Crippen LogP contribution is -2.06. The highest BCUT2D eigenvalue weighted by Crippen LogP contribution is 2.16. The van der Waals surface area contributed by atoms with Crippen molar-refractivity contribution >= 4 is 11.7 Å². The van der Waals surface area contributed by atoms with Crippen molar-refractivity contribution in [2.24, 2.45) is 5.16 Å². The van der Waals surface area contributed by atoms with Crippen molar-refractivity contribution in [1.82, 2.24) is 0 Å². The summed E-state index contributed by atoms with van der Waals surface area (Å²) in [5, 5.41) is 4.17. The first-order chi connectivity index (χ1) is 11.8. The van der Waals surface area contributed by atoms with Crippen LogP contribution in [0, 0.1) is 0 Å². The molecule has 132 valence electrons. The molecule has 24 heavy (non-hydrogen) atoms. The van der Waals surface area contributed by atoms with Gasteiger partial charge in [-0.25, -0.2) is 4.79 Å². The number of hydrogen-bond acceptors (Lipinski definition) is 4. The quantitative estimate of drug-likeness (QED) is 0.542. The van der Waals surface area contributed by atoms with E-state index in [4.69, 9.17) is 9.57 Å². The van der Waals surface area contributed by atoms with Gasteiger partial charge in [0.05, 0.1) is 18.4 Å². The number of ether oxygens (including phenoxy) is 1. The Labute approximate surface area is 145 Å². The van der Waals surface area contributed by atoms with Crippen LogP contribution in [0.25, 0.3) is 0 Å². The third-order valence-corrected chi connectivity index (χ3v) is 4.51. The van der Waals surface area contributed by atoms with Crippen molar-refractivity contribution in [2.75, 3.05) is 7.11 Å². The molecule has 1 saturated carbocycles. The molecule has 1 fully saturated rings. The molecule has 0 bridgehead atoms. The van der Waals surface area contributed by atoms with Gasteiger partial charge in [-0.05, 0) is 49.9 Å². The average molecular weight is 331 g/mol. The number of carbonyl (C=O) groups is 1.